The average molecular weight is 270 g/mol. The van der Waals surface area contributed by atoms with Gasteiger partial charge in [-0.25, -0.2) is 0 Å². The van der Waals surface area contributed by atoms with Gasteiger partial charge in [-0.15, -0.1) is 0 Å². The fourth-order valence-corrected chi connectivity index (χ4v) is 3.33. The number of hydrogen-bond acceptors (Lipinski definition) is 3. The highest BCUT2D eigenvalue weighted by molar-refractivity contribution is 5.79. The largest absolute Gasteiger partial charge is 0.480 e. The molecule has 0 aliphatic heterocycles. The van der Waals surface area contributed by atoms with E-state index in [2.05, 4.69) is 31.0 Å². The van der Waals surface area contributed by atoms with E-state index in [0.29, 0.717) is 12.0 Å². The van der Waals surface area contributed by atoms with Gasteiger partial charge in [0.05, 0.1) is 0 Å². The Kier molecular flexibility index (Phi) is 6.27. The molecule has 112 valence electrons. The zero-order valence-corrected chi connectivity index (χ0v) is 12.9. The highest BCUT2D eigenvalue weighted by Crippen LogP contribution is 2.32. The Morgan fingerprint density at radius 2 is 2.16 bits per heavy atom. The van der Waals surface area contributed by atoms with Crippen molar-refractivity contribution in [2.45, 2.75) is 65.0 Å². The first-order valence-electron chi connectivity index (χ1n) is 7.67. The maximum absolute atomic E-state index is 11.7. The number of hydrogen-bond donors (Lipinski definition) is 2. The molecule has 4 heteroatoms. The molecule has 19 heavy (non-hydrogen) atoms. The molecule has 2 unspecified atom stereocenters. The van der Waals surface area contributed by atoms with Crippen LogP contribution in [0.3, 0.4) is 0 Å². The lowest BCUT2D eigenvalue weighted by Gasteiger charge is -2.43. The predicted molar refractivity (Wildman–Crippen MR) is 78.4 cm³/mol. The van der Waals surface area contributed by atoms with Gasteiger partial charge in [0.15, 0.2) is 0 Å². The SMILES string of the molecule is CCNC1(C(=O)O)CCCC(N(CC)CC(C)C)C1. The molecule has 1 aliphatic rings. The first-order valence-corrected chi connectivity index (χ1v) is 7.67. The number of nitrogens with one attached hydrogen (secondary N) is 1. The minimum absolute atomic E-state index is 0.399. The average Bonchev–Trinajstić information content (AvgIpc) is 2.36. The number of aliphatic carboxylic acids is 1. The summed E-state index contributed by atoms with van der Waals surface area (Å²) in [5.74, 6) is -0.0557. The Morgan fingerprint density at radius 1 is 1.47 bits per heavy atom. The summed E-state index contributed by atoms with van der Waals surface area (Å²) in [5.41, 5.74) is -0.706. The number of likely N-dealkylation sites (N-methyl/N-ethyl adjacent to an activating group) is 1. The highest BCUT2D eigenvalue weighted by Gasteiger charge is 2.43. The number of nitrogens with zero attached hydrogens (tertiary/aromatic N) is 1. The summed E-state index contributed by atoms with van der Waals surface area (Å²) in [6.07, 6.45) is 3.61. The van der Waals surface area contributed by atoms with Crippen molar-refractivity contribution in [1.82, 2.24) is 10.2 Å². The Hall–Kier alpha value is -0.610. The minimum Gasteiger partial charge on any atom is -0.480 e. The summed E-state index contributed by atoms with van der Waals surface area (Å²) in [6, 6.07) is 0.399. The fraction of sp³-hybridized carbons (Fsp3) is 0.933. The maximum atomic E-state index is 11.7. The van der Waals surface area contributed by atoms with Crippen LogP contribution in [0.2, 0.25) is 0 Å². The molecule has 0 radical (unpaired) electrons. The molecule has 0 spiro atoms. The van der Waals surface area contributed by atoms with Crippen LogP contribution in [0, 0.1) is 5.92 Å². The Bertz CT molecular complexity index is 290. The molecule has 2 atom stereocenters. The van der Waals surface area contributed by atoms with Crippen molar-refractivity contribution in [2.75, 3.05) is 19.6 Å². The van der Waals surface area contributed by atoms with Gasteiger partial charge in [0, 0.05) is 12.6 Å². The lowest BCUT2D eigenvalue weighted by Crippen LogP contribution is -2.58. The number of carboxylic acids is 1. The molecule has 0 saturated heterocycles. The fourth-order valence-electron chi connectivity index (χ4n) is 3.33. The van der Waals surface area contributed by atoms with Gasteiger partial charge in [-0.2, -0.15) is 0 Å². The summed E-state index contributed by atoms with van der Waals surface area (Å²) in [6.45, 7) is 11.4. The minimum atomic E-state index is -0.706. The van der Waals surface area contributed by atoms with E-state index < -0.39 is 11.5 Å². The van der Waals surface area contributed by atoms with E-state index in [4.69, 9.17) is 0 Å². The second kappa shape index (κ2) is 7.25. The monoisotopic (exact) mass is 270 g/mol. The van der Waals surface area contributed by atoms with E-state index in [1.54, 1.807) is 0 Å². The van der Waals surface area contributed by atoms with Gasteiger partial charge in [0.2, 0.25) is 0 Å². The van der Waals surface area contributed by atoms with Crippen molar-refractivity contribution in [1.29, 1.82) is 0 Å². The molecule has 1 aliphatic carbocycles. The first kappa shape index (κ1) is 16.4. The molecule has 0 amide bonds. The molecule has 2 N–H and O–H groups in total. The van der Waals surface area contributed by atoms with Crippen LogP contribution < -0.4 is 5.32 Å². The molecule has 1 fully saturated rings. The Morgan fingerprint density at radius 3 is 2.63 bits per heavy atom. The second-order valence-electron chi connectivity index (χ2n) is 6.15. The second-order valence-corrected chi connectivity index (χ2v) is 6.15. The van der Waals surface area contributed by atoms with Crippen molar-refractivity contribution in [3.05, 3.63) is 0 Å². The third kappa shape index (κ3) is 4.18. The molecule has 0 bridgehead atoms. The van der Waals surface area contributed by atoms with Crippen molar-refractivity contribution in [3.8, 4) is 0 Å². The van der Waals surface area contributed by atoms with E-state index in [1.165, 1.54) is 0 Å². The lowest BCUT2D eigenvalue weighted by molar-refractivity contribution is -0.147. The van der Waals surface area contributed by atoms with Crippen molar-refractivity contribution in [2.24, 2.45) is 5.92 Å². The zero-order valence-electron chi connectivity index (χ0n) is 12.9. The molecular weight excluding hydrogens is 240 g/mol. The van der Waals surface area contributed by atoms with Crippen LogP contribution in [0.1, 0.15) is 53.4 Å². The van der Waals surface area contributed by atoms with Crippen LogP contribution in [0.4, 0.5) is 0 Å². The van der Waals surface area contributed by atoms with Crippen LogP contribution in [0.25, 0.3) is 0 Å². The van der Waals surface area contributed by atoms with Gasteiger partial charge in [-0.3, -0.25) is 4.79 Å². The first-order chi connectivity index (χ1) is 8.95. The quantitative estimate of drug-likeness (QED) is 0.745. The van der Waals surface area contributed by atoms with Crippen molar-refractivity contribution < 1.29 is 9.90 Å². The number of carboxylic acid groups (broad SMARTS) is 1. The van der Waals surface area contributed by atoms with Gasteiger partial charge in [-0.05, 0) is 44.7 Å². The topological polar surface area (TPSA) is 52.6 Å². The van der Waals surface area contributed by atoms with Gasteiger partial charge in [0.1, 0.15) is 5.54 Å². The Labute approximate surface area is 117 Å². The molecule has 0 aromatic carbocycles. The molecule has 4 nitrogen and oxygen atoms in total. The maximum Gasteiger partial charge on any atom is 0.323 e. The molecule has 0 heterocycles. The van der Waals surface area contributed by atoms with Gasteiger partial charge in [-0.1, -0.05) is 27.7 Å². The summed E-state index contributed by atoms with van der Waals surface area (Å²) in [4.78, 5) is 14.1. The molecular formula is C15H30N2O2. The molecule has 0 aromatic rings. The molecule has 1 saturated carbocycles. The smallest absolute Gasteiger partial charge is 0.323 e. The standard InChI is InChI=1S/C15H30N2O2/c1-5-16-15(14(18)19)9-7-8-13(10-15)17(6-2)11-12(3)4/h12-13,16H,5-11H2,1-4H3,(H,18,19). The van der Waals surface area contributed by atoms with Crippen molar-refractivity contribution in [3.63, 3.8) is 0 Å². The van der Waals surface area contributed by atoms with Crippen LogP contribution in [0.15, 0.2) is 0 Å². The van der Waals surface area contributed by atoms with E-state index in [0.717, 1.165) is 45.3 Å². The summed E-state index contributed by atoms with van der Waals surface area (Å²) >= 11 is 0. The normalized spacial score (nSPS) is 28.0. The lowest BCUT2D eigenvalue weighted by atomic mass is 9.78. The van der Waals surface area contributed by atoms with Gasteiger partial charge >= 0.3 is 5.97 Å². The van der Waals surface area contributed by atoms with Crippen LogP contribution >= 0.6 is 0 Å². The predicted octanol–water partition coefficient (Wildman–Crippen LogP) is 2.34. The zero-order chi connectivity index (χ0) is 14.5. The summed E-state index contributed by atoms with van der Waals surface area (Å²) in [7, 11) is 0. The third-order valence-electron chi connectivity index (χ3n) is 4.17. The van der Waals surface area contributed by atoms with Gasteiger partial charge < -0.3 is 15.3 Å². The highest BCUT2D eigenvalue weighted by atomic mass is 16.4. The third-order valence-corrected chi connectivity index (χ3v) is 4.17. The summed E-state index contributed by atoms with van der Waals surface area (Å²) < 4.78 is 0. The molecule has 0 aromatic heterocycles. The number of rotatable bonds is 7. The number of carbonyl (C=O) groups is 1. The van der Waals surface area contributed by atoms with Crippen LogP contribution in [0.5, 0.6) is 0 Å². The van der Waals surface area contributed by atoms with E-state index in [-0.39, 0.29) is 0 Å². The van der Waals surface area contributed by atoms with Gasteiger partial charge in [0.25, 0.3) is 0 Å². The van der Waals surface area contributed by atoms with E-state index >= 15 is 0 Å². The Balaban J connectivity index is 2.78. The van der Waals surface area contributed by atoms with E-state index in [9.17, 15) is 9.90 Å². The van der Waals surface area contributed by atoms with Crippen molar-refractivity contribution >= 4 is 5.97 Å². The van der Waals surface area contributed by atoms with E-state index in [1.807, 2.05) is 6.92 Å². The van der Waals surface area contributed by atoms with Crippen LogP contribution in [-0.4, -0.2) is 47.2 Å². The summed E-state index contributed by atoms with van der Waals surface area (Å²) in [5, 5.41) is 12.8. The molecule has 1 rings (SSSR count). The van der Waals surface area contributed by atoms with Crippen LogP contribution in [-0.2, 0) is 4.79 Å².